The molecule has 32 heavy (non-hydrogen) atoms. The van der Waals surface area contributed by atoms with Gasteiger partial charge in [-0.3, -0.25) is 14.3 Å². The van der Waals surface area contributed by atoms with Crippen molar-refractivity contribution in [2.24, 2.45) is 0 Å². The van der Waals surface area contributed by atoms with Crippen LogP contribution in [0.15, 0.2) is 82.4 Å². The third kappa shape index (κ3) is 4.43. The maximum absolute atomic E-state index is 12.9. The molecule has 0 saturated carbocycles. The molecule has 3 N–H and O–H groups in total. The molecule has 164 valence electrons. The number of nitrogens with zero attached hydrogens (tertiary/aromatic N) is 2. The lowest BCUT2D eigenvalue weighted by Crippen LogP contribution is -2.39. The van der Waals surface area contributed by atoms with E-state index < -0.39 is 11.2 Å². The Morgan fingerprint density at radius 3 is 2.47 bits per heavy atom. The molecule has 4 rings (SSSR count). The minimum absolute atomic E-state index is 0.138. The molecule has 0 saturated heterocycles. The Morgan fingerprint density at radius 1 is 0.969 bits per heavy atom. The Labute approximate surface area is 185 Å². The van der Waals surface area contributed by atoms with Gasteiger partial charge in [-0.15, -0.1) is 0 Å². The van der Waals surface area contributed by atoms with Crippen molar-refractivity contribution in [2.75, 3.05) is 30.9 Å². The van der Waals surface area contributed by atoms with Crippen LogP contribution in [-0.2, 0) is 17.8 Å². The van der Waals surface area contributed by atoms with Crippen molar-refractivity contribution in [2.45, 2.75) is 13.1 Å². The van der Waals surface area contributed by atoms with Gasteiger partial charge in [-0.1, -0.05) is 72.8 Å². The highest BCUT2D eigenvalue weighted by Gasteiger charge is 2.20. The smallest absolute Gasteiger partial charge is 0.330 e. The number of nitrogens with one attached hydrogen (secondary N) is 1. The van der Waals surface area contributed by atoms with Gasteiger partial charge < -0.3 is 15.4 Å². The molecular weight excluding hydrogens is 404 g/mol. The Kier molecular flexibility index (Phi) is 6.37. The van der Waals surface area contributed by atoms with E-state index in [-0.39, 0.29) is 18.1 Å². The van der Waals surface area contributed by atoms with Crippen LogP contribution in [0.2, 0.25) is 0 Å². The SMILES string of the molecule is COCCN(Cc1cccc2ccccc12)c1c(N)n(Cc2ccccc2)c(=O)[nH]c1=O. The zero-order valence-corrected chi connectivity index (χ0v) is 18.0. The van der Waals surface area contributed by atoms with Gasteiger partial charge in [-0.2, -0.15) is 0 Å². The zero-order chi connectivity index (χ0) is 22.5. The minimum Gasteiger partial charge on any atom is -0.383 e. The average molecular weight is 431 g/mol. The second kappa shape index (κ2) is 9.53. The lowest BCUT2D eigenvalue weighted by Gasteiger charge is -2.26. The maximum Gasteiger partial charge on any atom is 0.330 e. The van der Waals surface area contributed by atoms with Crippen LogP contribution < -0.4 is 21.9 Å². The van der Waals surface area contributed by atoms with E-state index in [1.807, 2.05) is 59.5 Å². The van der Waals surface area contributed by atoms with E-state index in [1.54, 1.807) is 7.11 Å². The lowest BCUT2D eigenvalue weighted by molar-refractivity contribution is 0.205. The summed E-state index contributed by atoms with van der Waals surface area (Å²) in [5, 5.41) is 2.22. The summed E-state index contributed by atoms with van der Waals surface area (Å²) in [6.45, 7) is 1.56. The Balaban J connectivity index is 1.78. The topological polar surface area (TPSA) is 93.3 Å². The van der Waals surface area contributed by atoms with Crippen molar-refractivity contribution >= 4 is 22.3 Å². The number of H-pyrrole nitrogens is 1. The molecule has 0 aliphatic carbocycles. The largest absolute Gasteiger partial charge is 0.383 e. The molecule has 1 aromatic heterocycles. The maximum atomic E-state index is 12.9. The highest BCUT2D eigenvalue weighted by Crippen LogP contribution is 2.24. The van der Waals surface area contributed by atoms with Gasteiger partial charge in [0, 0.05) is 20.2 Å². The number of methoxy groups -OCH3 is 1. The summed E-state index contributed by atoms with van der Waals surface area (Å²) in [4.78, 5) is 29.8. The standard InChI is InChI=1S/C25H26N4O3/c1-32-15-14-28(17-20-12-7-11-19-10-5-6-13-21(19)20)22-23(26)29(25(31)27-24(22)30)16-18-8-3-2-4-9-18/h2-13H,14-17,26H2,1H3,(H,27,30,31). The van der Waals surface area contributed by atoms with Gasteiger partial charge >= 0.3 is 5.69 Å². The summed E-state index contributed by atoms with van der Waals surface area (Å²) < 4.78 is 6.68. The minimum atomic E-state index is -0.531. The number of fused-ring (bicyclic) bond motifs is 1. The van der Waals surface area contributed by atoms with E-state index in [0.717, 1.165) is 21.9 Å². The zero-order valence-electron chi connectivity index (χ0n) is 18.0. The number of aromatic nitrogens is 2. The fourth-order valence-corrected chi connectivity index (χ4v) is 3.91. The van der Waals surface area contributed by atoms with Crippen LogP contribution in [0.3, 0.4) is 0 Å². The van der Waals surface area contributed by atoms with E-state index in [9.17, 15) is 9.59 Å². The number of rotatable bonds is 8. The predicted octanol–water partition coefficient (Wildman–Crippen LogP) is 2.97. The molecule has 0 atom stereocenters. The van der Waals surface area contributed by atoms with Crippen LogP contribution in [0, 0.1) is 0 Å². The fraction of sp³-hybridized carbons (Fsp3) is 0.200. The van der Waals surface area contributed by atoms with Crippen molar-refractivity contribution in [1.82, 2.24) is 9.55 Å². The number of hydrogen-bond acceptors (Lipinski definition) is 5. The molecule has 7 heteroatoms. The van der Waals surface area contributed by atoms with Gasteiger partial charge in [-0.25, -0.2) is 4.79 Å². The number of aromatic amines is 1. The Hall–Kier alpha value is -3.84. The van der Waals surface area contributed by atoms with Crippen molar-refractivity contribution in [3.8, 4) is 0 Å². The quantitative estimate of drug-likeness (QED) is 0.448. The molecular formula is C25H26N4O3. The van der Waals surface area contributed by atoms with Gasteiger partial charge in [0.15, 0.2) is 0 Å². The first-order valence-electron chi connectivity index (χ1n) is 10.5. The highest BCUT2D eigenvalue weighted by molar-refractivity contribution is 5.86. The molecule has 0 unspecified atom stereocenters. The summed E-state index contributed by atoms with van der Waals surface area (Å²) in [7, 11) is 1.61. The van der Waals surface area contributed by atoms with E-state index in [2.05, 4.69) is 23.2 Å². The molecule has 0 radical (unpaired) electrons. The van der Waals surface area contributed by atoms with Crippen LogP contribution in [0.25, 0.3) is 10.8 Å². The van der Waals surface area contributed by atoms with E-state index in [4.69, 9.17) is 10.5 Å². The van der Waals surface area contributed by atoms with Crippen LogP contribution in [-0.4, -0.2) is 29.8 Å². The van der Waals surface area contributed by atoms with Gasteiger partial charge in [0.2, 0.25) is 0 Å². The fourth-order valence-electron chi connectivity index (χ4n) is 3.91. The predicted molar refractivity (Wildman–Crippen MR) is 128 cm³/mol. The molecule has 4 aromatic rings. The first kappa shape index (κ1) is 21.4. The van der Waals surface area contributed by atoms with Crippen molar-refractivity contribution < 1.29 is 4.74 Å². The number of benzene rings is 3. The molecule has 3 aromatic carbocycles. The van der Waals surface area contributed by atoms with Gasteiger partial charge in [0.05, 0.1) is 13.2 Å². The second-order valence-corrected chi connectivity index (χ2v) is 7.62. The third-order valence-corrected chi connectivity index (χ3v) is 5.52. The monoisotopic (exact) mass is 430 g/mol. The average Bonchev–Trinajstić information content (AvgIpc) is 2.81. The number of nitrogens with two attached hydrogens (primary N) is 1. The summed E-state index contributed by atoms with van der Waals surface area (Å²) in [6.07, 6.45) is 0. The van der Waals surface area contributed by atoms with Gasteiger partial charge in [-0.05, 0) is 21.9 Å². The van der Waals surface area contributed by atoms with Crippen molar-refractivity contribution in [3.63, 3.8) is 0 Å². The molecule has 1 heterocycles. The summed E-state index contributed by atoms with van der Waals surface area (Å²) in [5.41, 5.74) is 7.63. The number of ether oxygens (including phenoxy) is 1. The van der Waals surface area contributed by atoms with Crippen LogP contribution in [0.4, 0.5) is 11.5 Å². The number of anilines is 2. The number of hydrogen-bond donors (Lipinski definition) is 2. The first-order chi connectivity index (χ1) is 15.6. The summed E-state index contributed by atoms with van der Waals surface area (Å²) in [5.74, 6) is 0.138. The molecule has 0 bridgehead atoms. The molecule has 0 amide bonds. The van der Waals surface area contributed by atoms with Gasteiger partial charge in [0.1, 0.15) is 11.5 Å². The van der Waals surface area contributed by atoms with E-state index in [1.165, 1.54) is 4.57 Å². The molecule has 7 nitrogen and oxygen atoms in total. The Morgan fingerprint density at radius 2 is 1.69 bits per heavy atom. The molecule has 0 fully saturated rings. The number of nitrogen functional groups attached to an aromatic ring is 1. The normalized spacial score (nSPS) is 11.0. The van der Waals surface area contributed by atoms with Crippen molar-refractivity contribution in [3.05, 3.63) is 105 Å². The van der Waals surface area contributed by atoms with E-state index >= 15 is 0 Å². The highest BCUT2D eigenvalue weighted by atomic mass is 16.5. The third-order valence-electron chi connectivity index (χ3n) is 5.52. The lowest BCUT2D eigenvalue weighted by atomic mass is 10.0. The van der Waals surface area contributed by atoms with E-state index in [0.29, 0.717) is 19.7 Å². The molecule has 0 aliphatic heterocycles. The second-order valence-electron chi connectivity index (χ2n) is 7.62. The van der Waals surface area contributed by atoms with Crippen LogP contribution in [0.5, 0.6) is 0 Å². The molecule has 0 aliphatic rings. The summed E-state index contributed by atoms with van der Waals surface area (Å²) in [6, 6.07) is 23.7. The van der Waals surface area contributed by atoms with Crippen LogP contribution >= 0.6 is 0 Å². The first-order valence-corrected chi connectivity index (χ1v) is 10.5. The van der Waals surface area contributed by atoms with Crippen LogP contribution in [0.1, 0.15) is 11.1 Å². The van der Waals surface area contributed by atoms with Gasteiger partial charge in [0.25, 0.3) is 5.56 Å². The van der Waals surface area contributed by atoms with Crippen molar-refractivity contribution in [1.29, 1.82) is 0 Å². The summed E-state index contributed by atoms with van der Waals surface area (Å²) >= 11 is 0. The molecule has 0 spiro atoms. The Bertz CT molecular complexity index is 1320.